The summed E-state index contributed by atoms with van der Waals surface area (Å²) in [5, 5.41) is 0.577. The van der Waals surface area contributed by atoms with E-state index in [9.17, 15) is 9.59 Å². The van der Waals surface area contributed by atoms with Crippen molar-refractivity contribution in [2.45, 2.75) is 13.5 Å². The van der Waals surface area contributed by atoms with Crippen molar-refractivity contribution < 1.29 is 0 Å². The third kappa shape index (κ3) is 2.01. The molecule has 2 aromatic heterocycles. The minimum absolute atomic E-state index is 0.298. The number of hydrogen-bond donors (Lipinski definition) is 0. The molecular formula is C13H12BClN4O2. The first kappa shape index (κ1) is 13.7. The topological polar surface area (TPSA) is 61.8 Å². The smallest absolute Gasteiger partial charge is 0.337 e. The number of nitrogens with zero attached hydrogens (tertiary/aromatic N) is 4. The summed E-state index contributed by atoms with van der Waals surface area (Å²) in [6.45, 7) is 2.06. The molecule has 0 saturated carbocycles. The van der Waals surface area contributed by atoms with Crippen LogP contribution in [0.2, 0.25) is 5.02 Å². The van der Waals surface area contributed by atoms with Crippen molar-refractivity contribution in [3.63, 3.8) is 0 Å². The summed E-state index contributed by atoms with van der Waals surface area (Å²) in [7, 11) is 1.73. The van der Waals surface area contributed by atoms with Crippen LogP contribution in [0, 0.1) is 0 Å². The van der Waals surface area contributed by atoms with Gasteiger partial charge < -0.3 is 4.48 Å². The fraction of sp³-hybridized carbons (Fsp3) is 0.154. The van der Waals surface area contributed by atoms with Gasteiger partial charge in [0.15, 0.2) is 5.65 Å². The van der Waals surface area contributed by atoms with Gasteiger partial charge >= 0.3 is 5.69 Å². The van der Waals surface area contributed by atoms with Gasteiger partial charge in [0.1, 0.15) is 5.52 Å². The van der Waals surface area contributed by atoms with Crippen molar-refractivity contribution in [2.24, 2.45) is 0 Å². The van der Waals surface area contributed by atoms with Gasteiger partial charge in [-0.1, -0.05) is 11.6 Å². The van der Waals surface area contributed by atoms with Crippen LogP contribution in [-0.2, 0) is 6.54 Å². The van der Waals surface area contributed by atoms with Crippen molar-refractivity contribution in [1.29, 1.82) is 0 Å². The average molecular weight is 303 g/mol. The summed E-state index contributed by atoms with van der Waals surface area (Å²) < 4.78 is 4.24. The molecule has 0 aliphatic carbocycles. The Kier molecular flexibility index (Phi) is 3.21. The maximum atomic E-state index is 12.6. The number of fused-ring (bicyclic) bond motifs is 1. The maximum Gasteiger partial charge on any atom is 0.337 e. The maximum absolute atomic E-state index is 12.6. The predicted molar refractivity (Wildman–Crippen MR) is 84.2 cm³/mol. The van der Waals surface area contributed by atoms with Crippen LogP contribution in [0.5, 0.6) is 0 Å². The first-order valence-electron chi connectivity index (χ1n) is 6.47. The van der Waals surface area contributed by atoms with Crippen molar-refractivity contribution >= 4 is 30.7 Å². The predicted octanol–water partition coefficient (Wildman–Crippen LogP) is 0.418. The van der Waals surface area contributed by atoms with Crippen LogP contribution < -0.4 is 11.2 Å². The van der Waals surface area contributed by atoms with E-state index in [1.54, 1.807) is 43.6 Å². The number of benzene rings is 1. The molecule has 0 spiro atoms. The van der Waals surface area contributed by atoms with Gasteiger partial charge in [-0.3, -0.25) is 9.36 Å². The Morgan fingerprint density at radius 3 is 2.52 bits per heavy atom. The van der Waals surface area contributed by atoms with Crippen molar-refractivity contribution in [3.8, 4) is 5.69 Å². The molecule has 21 heavy (non-hydrogen) atoms. The first-order valence-corrected chi connectivity index (χ1v) is 6.85. The molecule has 0 aliphatic rings. The number of hydrogen-bond acceptors (Lipinski definition) is 3. The fourth-order valence-electron chi connectivity index (χ4n) is 2.36. The van der Waals surface area contributed by atoms with E-state index in [1.807, 2.05) is 0 Å². The summed E-state index contributed by atoms with van der Waals surface area (Å²) in [6.07, 6.45) is 1.53. The van der Waals surface area contributed by atoms with Crippen molar-refractivity contribution in [3.05, 3.63) is 56.5 Å². The fourth-order valence-corrected chi connectivity index (χ4v) is 2.48. The van der Waals surface area contributed by atoms with E-state index in [1.165, 1.54) is 15.5 Å². The zero-order valence-electron chi connectivity index (χ0n) is 11.6. The third-order valence-corrected chi connectivity index (χ3v) is 3.65. The summed E-state index contributed by atoms with van der Waals surface area (Å²) in [6, 6.07) is 6.84. The quantitative estimate of drug-likeness (QED) is 0.645. The van der Waals surface area contributed by atoms with E-state index in [-0.39, 0.29) is 5.56 Å². The van der Waals surface area contributed by atoms with E-state index < -0.39 is 5.69 Å². The van der Waals surface area contributed by atoms with E-state index >= 15 is 0 Å². The van der Waals surface area contributed by atoms with E-state index in [0.717, 1.165) is 0 Å². The van der Waals surface area contributed by atoms with Gasteiger partial charge in [-0.2, -0.15) is 0 Å². The molecule has 0 bridgehead atoms. The molecule has 0 aliphatic heterocycles. The lowest BCUT2D eigenvalue weighted by Crippen LogP contribution is -2.39. The molecule has 0 saturated heterocycles. The Hall–Kier alpha value is -2.28. The van der Waals surface area contributed by atoms with Crippen LogP contribution in [0.4, 0.5) is 0 Å². The second kappa shape index (κ2) is 4.93. The van der Waals surface area contributed by atoms with Gasteiger partial charge in [0.2, 0.25) is 7.98 Å². The van der Waals surface area contributed by atoms with Crippen molar-refractivity contribution in [2.75, 3.05) is 0 Å². The van der Waals surface area contributed by atoms with Crippen molar-refractivity contribution in [1.82, 2.24) is 18.6 Å². The Labute approximate surface area is 125 Å². The first-order chi connectivity index (χ1) is 10.0. The zero-order chi connectivity index (χ0) is 15.1. The van der Waals surface area contributed by atoms with Gasteiger partial charge in [0.25, 0.3) is 5.56 Å². The number of halogens is 1. The minimum Gasteiger partial charge on any atom is -0.377 e. The summed E-state index contributed by atoms with van der Waals surface area (Å²) in [5.74, 6) is 0. The standard InChI is InChI=1S/C13H12BClN4O2/c1-2-17-12(20)10-11(16-7-18(10)14)19(13(17)21)9-5-3-8(15)4-6-9/h3-7H,2,14H2,1H3. The lowest BCUT2D eigenvalue weighted by molar-refractivity contribution is 0.659. The lowest BCUT2D eigenvalue weighted by Gasteiger charge is -2.10. The summed E-state index contributed by atoms with van der Waals surface area (Å²) in [4.78, 5) is 29.1. The number of rotatable bonds is 2. The van der Waals surface area contributed by atoms with E-state index in [0.29, 0.717) is 28.4 Å². The highest BCUT2D eigenvalue weighted by Gasteiger charge is 2.16. The Balaban J connectivity index is 2.50. The molecule has 106 valence electrons. The van der Waals surface area contributed by atoms with Gasteiger partial charge in [-0.05, 0) is 31.2 Å². The molecule has 0 radical (unpaired) electrons. The van der Waals surface area contributed by atoms with Gasteiger partial charge in [-0.15, -0.1) is 0 Å². The Bertz CT molecular complexity index is 940. The molecule has 1 aromatic carbocycles. The molecule has 3 aromatic rings. The molecule has 0 N–H and O–H groups in total. The SMILES string of the molecule is Bn1cnc2c1c(=O)n(CC)c(=O)n2-c1ccc(Cl)cc1. The van der Waals surface area contributed by atoms with E-state index in [2.05, 4.69) is 4.98 Å². The Morgan fingerprint density at radius 1 is 1.24 bits per heavy atom. The van der Waals surface area contributed by atoms with Crippen LogP contribution in [0.1, 0.15) is 6.92 Å². The highest BCUT2D eigenvalue weighted by molar-refractivity contribution is 6.30. The van der Waals surface area contributed by atoms with Gasteiger partial charge in [0.05, 0.1) is 12.0 Å². The molecule has 0 amide bonds. The molecule has 0 fully saturated rings. The molecule has 2 heterocycles. The normalized spacial score (nSPS) is 11.1. The second-order valence-electron chi connectivity index (χ2n) is 4.67. The second-order valence-corrected chi connectivity index (χ2v) is 5.11. The van der Waals surface area contributed by atoms with Crippen LogP contribution in [0.25, 0.3) is 16.9 Å². The monoisotopic (exact) mass is 302 g/mol. The third-order valence-electron chi connectivity index (χ3n) is 3.40. The average Bonchev–Trinajstić information content (AvgIpc) is 2.83. The molecule has 3 rings (SSSR count). The summed E-state index contributed by atoms with van der Waals surface area (Å²) >= 11 is 5.88. The van der Waals surface area contributed by atoms with Gasteiger partial charge in [-0.25, -0.2) is 14.3 Å². The highest BCUT2D eigenvalue weighted by atomic mass is 35.5. The summed E-state index contributed by atoms with van der Waals surface area (Å²) in [5.41, 5.74) is 0.625. The largest absolute Gasteiger partial charge is 0.377 e. The molecular weight excluding hydrogens is 290 g/mol. The minimum atomic E-state index is -0.406. The number of imidazole rings is 1. The molecule has 0 atom stereocenters. The van der Waals surface area contributed by atoms with Crippen LogP contribution >= 0.6 is 11.6 Å². The lowest BCUT2D eigenvalue weighted by atomic mass is 10.3. The zero-order valence-corrected chi connectivity index (χ0v) is 12.3. The Morgan fingerprint density at radius 2 is 1.90 bits per heavy atom. The molecule has 0 unspecified atom stereocenters. The van der Waals surface area contributed by atoms with Crippen LogP contribution in [-0.4, -0.2) is 26.6 Å². The highest BCUT2D eigenvalue weighted by Crippen LogP contribution is 2.15. The van der Waals surface area contributed by atoms with E-state index in [4.69, 9.17) is 11.6 Å². The molecule has 8 heteroatoms. The van der Waals surface area contributed by atoms with Crippen LogP contribution in [0.15, 0.2) is 40.2 Å². The van der Waals surface area contributed by atoms with Crippen LogP contribution in [0.3, 0.4) is 0 Å². The van der Waals surface area contributed by atoms with Gasteiger partial charge in [0, 0.05) is 11.6 Å². The number of aromatic nitrogens is 4. The molecule has 6 nitrogen and oxygen atoms in total.